The molecular formula is C15H21N. The average Bonchev–Trinajstić information content (AvgIpc) is 2.27. The number of benzene rings is 1. The summed E-state index contributed by atoms with van der Waals surface area (Å²) in [6, 6.07) is 7.28. The topological polar surface area (TPSA) is 12.0 Å². The van der Waals surface area contributed by atoms with Gasteiger partial charge in [0.25, 0.3) is 0 Å². The minimum Gasteiger partial charge on any atom is -0.311 e. The highest BCUT2D eigenvalue weighted by Gasteiger charge is 2.08. The van der Waals surface area contributed by atoms with Crippen LogP contribution in [0, 0.1) is 13.8 Å². The fourth-order valence-electron chi connectivity index (χ4n) is 2.38. The lowest BCUT2D eigenvalue weighted by molar-refractivity contribution is 0.455. The van der Waals surface area contributed by atoms with Crippen molar-refractivity contribution in [1.29, 1.82) is 0 Å². The van der Waals surface area contributed by atoms with Crippen molar-refractivity contribution in [2.45, 2.75) is 39.2 Å². The van der Waals surface area contributed by atoms with E-state index < -0.39 is 0 Å². The third-order valence-electron chi connectivity index (χ3n) is 3.11. The molecule has 0 amide bonds. The summed E-state index contributed by atoms with van der Waals surface area (Å²) in [6.45, 7) is 5.48. The molecule has 1 unspecified atom stereocenters. The quantitative estimate of drug-likeness (QED) is 0.796. The monoisotopic (exact) mass is 215 g/mol. The smallest absolute Gasteiger partial charge is 0.0253 e. The molecule has 0 aromatic heterocycles. The van der Waals surface area contributed by atoms with E-state index in [2.05, 4.69) is 49.5 Å². The normalized spacial score (nSPS) is 21.5. The lowest BCUT2D eigenvalue weighted by atomic mass is 10.0. The predicted octanol–water partition coefficient (Wildman–Crippen LogP) is 3.46. The van der Waals surface area contributed by atoms with E-state index in [1.807, 2.05) is 0 Å². The fraction of sp³-hybridized carbons (Fsp3) is 0.467. The molecule has 1 aliphatic rings. The molecule has 1 heteroatoms. The SMILES string of the molecule is Cc1cc(C)cc(/C=C/C2CCCCN2)c1. The Balaban J connectivity index is 2.04. The van der Waals surface area contributed by atoms with Crippen LogP contribution in [0.4, 0.5) is 0 Å². The molecule has 0 aliphatic carbocycles. The van der Waals surface area contributed by atoms with Crippen LogP contribution in [-0.4, -0.2) is 12.6 Å². The third kappa shape index (κ3) is 3.21. The maximum atomic E-state index is 3.53. The number of rotatable bonds is 2. The van der Waals surface area contributed by atoms with Crippen LogP contribution >= 0.6 is 0 Å². The molecule has 1 N–H and O–H groups in total. The van der Waals surface area contributed by atoms with E-state index in [9.17, 15) is 0 Å². The molecule has 86 valence electrons. The van der Waals surface area contributed by atoms with E-state index in [-0.39, 0.29) is 0 Å². The largest absolute Gasteiger partial charge is 0.311 e. The first kappa shape index (κ1) is 11.4. The molecule has 0 spiro atoms. The lowest BCUT2D eigenvalue weighted by Gasteiger charge is -2.20. The molecule has 1 fully saturated rings. The van der Waals surface area contributed by atoms with E-state index in [1.165, 1.54) is 42.5 Å². The second-order valence-electron chi connectivity index (χ2n) is 4.84. The van der Waals surface area contributed by atoms with Gasteiger partial charge in [-0.25, -0.2) is 0 Å². The van der Waals surface area contributed by atoms with Crippen LogP contribution in [-0.2, 0) is 0 Å². The number of piperidine rings is 1. The Morgan fingerprint density at radius 3 is 2.50 bits per heavy atom. The Hall–Kier alpha value is -1.08. The Bertz CT molecular complexity index is 353. The first-order chi connectivity index (χ1) is 7.74. The maximum Gasteiger partial charge on any atom is 0.0253 e. The van der Waals surface area contributed by atoms with Crippen molar-refractivity contribution in [3.8, 4) is 0 Å². The molecule has 1 atom stereocenters. The zero-order valence-corrected chi connectivity index (χ0v) is 10.3. The van der Waals surface area contributed by atoms with E-state index in [0.29, 0.717) is 6.04 Å². The molecule has 1 nitrogen and oxygen atoms in total. The van der Waals surface area contributed by atoms with Crippen molar-refractivity contribution in [3.05, 3.63) is 41.0 Å². The summed E-state index contributed by atoms with van der Waals surface area (Å²) in [7, 11) is 0. The predicted molar refractivity (Wildman–Crippen MR) is 70.6 cm³/mol. The van der Waals surface area contributed by atoms with Gasteiger partial charge in [-0.2, -0.15) is 0 Å². The first-order valence-corrected chi connectivity index (χ1v) is 6.24. The molecule has 1 aromatic carbocycles. The van der Waals surface area contributed by atoms with Gasteiger partial charge in [0, 0.05) is 6.04 Å². The summed E-state index contributed by atoms with van der Waals surface area (Å²) < 4.78 is 0. The van der Waals surface area contributed by atoms with Gasteiger partial charge < -0.3 is 5.32 Å². The molecule has 1 heterocycles. The van der Waals surface area contributed by atoms with Crippen molar-refractivity contribution >= 4 is 6.08 Å². The molecule has 2 rings (SSSR count). The summed E-state index contributed by atoms with van der Waals surface area (Å²) in [6.07, 6.45) is 8.53. The van der Waals surface area contributed by atoms with Crippen LogP contribution in [0.2, 0.25) is 0 Å². The van der Waals surface area contributed by atoms with Crippen LogP contribution < -0.4 is 5.32 Å². The van der Waals surface area contributed by atoms with Gasteiger partial charge in [0.05, 0.1) is 0 Å². The standard InChI is InChI=1S/C15H21N/c1-12-9-13(2)11-14(10-12)6-7-15-5-3-4-8-16-15/h6-7,9-11,15-16H,3-5,8H2,1-2H3/b7-6+. The van der Waals surface area contributed by atoms with E-state index in [4.69, 9.17) is 0 Å². The van der Waals surface area contributed by atoms with E-state index >= 15 is 0 Å². The summed E-state index contributed by atoms with van der Waals surface area (Å²) in [5.74, 6) is 0. The van der Waals surface area contributed by atoms with Gasteiger partial charge in [0.2, 0.25) is 0 Å². The van der Waals surface area contributed by atoms with Gasteiger partial charge in [0.1, 0.15) is 0 Å². The fourth-order valence-corrected chi connectivity index (χ4v) is 2.38. The zero-order valence-electron chi connectivity index (χ0n) is 10.3. The lowest BCUT2D eigenvalue weighted by Crippen LogP contribution is -2.31. The minimum absolute atomic E-state index is 0.578. The van der Waals surface area contributed by atoms with E-state index in [1.54, 1.807) is 0 Å². The molecule has 0 bridgehead atoms. The molecule has 0 radical (unpaired) electrons. The Labute approximate surface area is 98.6 Å². The molecule has 1 aliphatic heterocycles. The summed E-state index contributed by atoms with van der Waals surface area (Å²) in [5.41, 5.74) is 4.01. The van der Waals surface area contributed by atoms with Gasteiger partial charge in [-0.3, -0.25) is 0 Å². The van der Waals surface area contributed by atoms with Crippen molar-refractivity contribution in [2.75, 3.05) is 6.54 Å². The van der Waals surface area contributed by atoms with Crippen molar-refractivity contribution in [2.24, 2.45) is 0 Å². The molecule has 1 aromatic rings. The van der Waals surface area contributed by atoms with Crippen molar-refractivity contribution in [1.82, 2.24) is 5.32 Å². The van der Waals surface area contributed by atoms with Crippen molar-refractivity contribution < 1.29 is 0 Å². The zero-order chi connectivity index (χ0) is 11.4. The van der Waals surface area contributed by atoms with Gasteiger partial charge in [-0.15, -0.1) is 0 Å². The summed E-state index contributed by atoms with van der Waals surface area (Å²) in [4.78, 5) is 0. The van der Waals surface area contributed by atoms with Crippen molar-refractivity contribution in [3.63, 3.8) is 0 Å². The third-order valence-corrected chi connectivity index (χ3v) is 3.11. The number of aryl methyl sites for hydroxylation is 2. The Morgan fingerprint density at radius 2 is 1.88 bits per heavy atom. The van der Waals surface area contributed by atoms with Crippen LogP contribution in [0.5, 0.6) is 0 Å². The van der Waals surface area contributed by atoms with Crippen LogP contribution in [0.1, 0.15) is 36.0 Å². The highest BCUT2D eigenvalue weighted by atomic mass is 14.9. The number of hydrogen-bond acceptors (Lipinski definition) is 1. The van der Waals surface area contributed by atoms with Gasteiger partial charge in [-0.05, 0) is 38.8 Å². The minimum atomic E-state index is 0.578. The summed E-state index contributed by atoms with van der Waals surface area (Å²) >= 11 is 0. The second-order valence-corrected chi connectivity index (χ2v) is 4.84. The van der Waals surface area contributed by atoms with Crippen LogP contribution in [0.25, 0.3) is 6.08 Å². The molecular weight excluding hydrogens is 194 g/mol. The van der Waals surface area contributed by atoms with Crippen LogP contribution in [0.3, 0.4) is 0 Å². The average molecular weight is 215 g/mol. The number of hydrogen-bond donors (Lipinski definition) is 1. The Kier molecular flexibility index (Phi) is 3.79. The first-order valence-electron chi connectivity index (χ1n) is 6.24. The molecule has 1 saturated heterocycles. The highest BCUT2D eigenvalue weighted by Crippen LogP contribution is 2.13. The number of nitrogens with one attached hydrogen (secondary N) is 1. The second kappa shape index (κ2) is 5.31. The van der Waals surface area contributed by atoms with E-state index in [0.717, 1.165) is 0 Å². The maximum absolute atomic E-state index is 3.53. The highest BCUT2D eigenvalue weighted by molar-refractivity contribution is 5.52. The van der Waals surface area contributed by atoms with Gasteiger partial charge in [-0.1, -0.05) is 47.9 Å². The van der Waals surface area contributed by atoms with Crippen LogP contribution in [0.15, 0.2) is 24.3 Å². The van der Waals surface area contributed by atoms with Gasteiger partial charge in [0.15, 0.2) is 0 Å². The Morgan fingerprint density at radius 1 is 1.12 bits per heavy atom. The van der Waals surface area contributed by atoms with Gasteiger partial charge >= 0.3 is 0 Å². The molecule has 0 saturated carbocycles. The molecule has 16 heavy (non-hydrogen) atoms. The summed E-state index contributed by atoms with van der Waals surface area (Å²) in [5, 5.41) is 3.53.